The highest BCUT2D eigenvalue weighted by atomic mass is 79.9. The van der Waals surface area contributed by atoms with E-state index in [1.807, 2.05) is 29.6 Å². The lowest BCUT2D eigenvalue weighted by molar-refractivity contribution is 0.0960. The van der Waals surface area contributed by atoms with Gasteiger partial charge in [0.15, 0.2) is 5.76 Å². The van der Waals surface area contributed by atoms with E-state index in [4.69, 9.17) is 10.3 Å². The third-order valence-electron chi connectivity index (χ3n) is 2.79. The SMILES string of the molecule is NN(C(=O)c1ccco1)c1nc(-c2ccc(Br)cc2)cs1. The van der Waals surface area contributed by atoms with E-state index in [0.29, 0.717) is 5.13 Å². The van der Waals surface area contributed by atoms with E-state index in [1.165, 1.54) is 17.6 Å². The molecule has 1 aromatic carbocycles. The zero-order chi connectivity index (χ0) is 14.8. The number of nitrogens with two attached hydrogens (primary N) is 1. The number of amides is 1. The summed E-state index contributed by atoms with van der Waals surface area (Å²) in [7, 11) is 0. The molecule has 0 fully saturated rings. The third kappa shape index (κ3) is 2.90. The predicted molar refractivity (Wildman–Crippen MR) is 85.0 cm³/mol. The van der Waals surface area contributed by atoms with Gasteiger partial charge in [0.25, 0.3) is 0 Å². The molecule has 0 radical (unpaired) electrons. The van der Waals surface area contributed by atoms with Crippen LogP contribution in [-0.2, 0) is 0 Å². The second-order valence-corrected chi connectivity index (χ2v) is 5.93. The quantitative estimate of drug-likeness (QED) is 0.437. The number of aromatic nitrogens is 1. The van der Waals surface area contributed by atoms with Crippen molar-refractivity contribution in [1.82, 2.24) is 4.98 Å². The van der Waals surface area contributed by atoms with E-state index in [9.17, 15) is 4.79 Å². The van der Waals surface area contributed by atoms with Crippen LogP contribution >= 0.6 is 27.3 Å². The lowest BCUT2D eigenvalue weighted by Crippen LogP contribution is -2.37. The van der Waals surface area contributed by atoms with Crippen molar-refractivity contribution in [3.63, 3.8) is 0 Å². The number of rotatable bonds is 3. The summed E-state index contributed by atoms with van der Waals surface area (Å²) in [5.74, 6) is 5.55. The standard InChI is InChI=1S/C14H10BrN3O2S/c15-10-5-3-9(4-6-10)11-8-21-14(17-11)18(16)13(19)12-2-1-7-20-12/h1-8H,16H2. The van der Waals surface area contributed by atoms with Gasteiger partial charge in [-0.3, -0.25) is 4.79 Å². The number of nitrogens with zero attached hydrogens (tertiary/aromatic N) is 2. The van der Waals surface area contributed by atoms with Crippen molar-refractivity contribution in [3.8, 4) is 11.3 Å². The Hall–Kier alpha value is -1.96. The molecule has 0 unspecified atom stereocenters. The first-order chi connectivity index (χ1) is 10.1. The number of carbonyl (C=O) groups is 1. The molecule has 0 aliphatic rings. The molecule has 1 amide bonds. The summed E-state index contributed by atoms with van der Waals surface area (Å²) >= 11 is 4.68. The fraction of sp³-hybridized carbons (Fsp3) is 0. The van der Waals surface area contributed by atoms with Gasteiger partial charge in [0.05, 0.1) is 12.0 Å². The second-order valence-electron chi connectivity index (χ2n) is 4.17. The van der Waals surface area contributed by atoms with E-state index < -0.39 is 5.91 Å². The van der Waals surface area contributed by atoms with Crippen molar-refractivity contribution < 1.29 is 9.21 Å². The van der Waals surface area contributed by atoms with Gasteiger partial charge in [-0.2, -0.15) is 0 Å². The number of thiazole rings is 1. The van der Waals surface area contributed by atoms with Crippen molar-refractivity contribution >= 4 is 38.3 Å². The maximum Gasteiger partial charge on any atom is 0.310 e. The number of hydrogen-bond acceptors (Lipinski definition) is 5. The number of hydrogen-bond donors (Lipinski definition) is 1. The summed E-state index contributed by atoms with van der Waals surface area (Å²) in [6, 6.07) is 10.9. The monoisotopic (exact) mass is 363 g/mol. The summed E-state index contributed by atoms with van der Waals surface area (Å²) in [6.07, 6.45) is 1.43. The summed E-state index contributed by atoms with van der Waals surface area (Å²) in [4.78, 5) is 16.4. The number of anilines is 1. The Labute approximate surface area is 133 Å². The fourth-order valence-electron chi connectivity index (χ4n) is 1.73. The molecular formula is C14H10BrN3O2S. The third-order valence-corrected chi connectivity index (χ3v) is 4.16. The van der Waals surface area contributed by atoms with Gasteiger partial charge in [0.2, 0.25) is 5.13 Å². The Morgan fingerprint density at radius 2 is 2.05 bits per heavy atom. The van der Waals surface area contributed by atoms with Gasteiger partial charge in [-0.15, -0.1) is 11.3 Å². The van der Waals surface area contributed by atoms with Crippen LogP contribution in [-0.4, -0.2) is 10.9 Å². The lowest BCUT2D eigenvalue weighted by atomic mass is 10.2. The molecule has 0 bridgehead atoms. The van der Waals surface area contributed by atoms with Gasteiger partial charge in [-0.1, -0.05) is 28.1 Å². The molecular weight excluding hydrogens is 354 g/mol. The number of hydrazine groups is 1. The summed E-state index contributed by atoms with van der Waals surface area (Å²) in [6.45, 7) is 0. The van der Waals surface area contributed by atoms with E-state index in [0.717, 1.165) is 20.7 Å². The van der Waals surface area contributed by atoms with Gasteiger partial charge >= 0.3 is 5.91 Å². The molecule has 0 saturated heterocycles. The van der Waals surface area contributed by atoms with E-state index in [-0.39, 0.29) is 5.76 Å². The summed E-state index contributed by atoms with van der Waals surface area (Å²) in [5, 5.41) is 3.26. The normalized spacial score (nSPS) is 10.6. The molecule has 0 saturated carbocycles. The zero-order valence-corrected chi connectivity index (χ0v) is 13.1. The Morgan fingerprint density at radius 3 is 2.71 bits per heavy atom. The molecule has 5 nitrogen and oxygen atoms in total. The molecule has 2 N–H and O–H groups in total. The van der Waals surface area contributed by atoms with Gasteiger partial charge in [0.1, 0.15) is 0 Å². The van der Waals surface area contributed by atoms with Crippen LogP contribution in [0.1, 0.15) is 10.6 Å². The Kier molecular flexibility index (Phi) is 3.87. The number of carbonyl (C=O) groups excluding carboxylic acids is 1. The lowest BCUT2D eigenvalue weighted by Gasteiger charge is -2.10. The van der Waals surface area contributed by atoms with Gasteiger partial charge < -0.3 is 4.42 Å². The molecule has 0 spiro atoms. The molecule has 0 aliphatic carbocycles. The van der Waals surface area contributed by atoms with Crippen molar-refractivity contribution in [2.24, 2.45) is 5.84 Å². The summed E-state index contributed by atoms with van der Waals surface area (Å²) < 4.78 is 6.04. The molecule has 0 atom stereocenters. The molecule has 7 heteroatoms. The van der Waals surface area contributed by atoms with Crippen molar-refractivity contribution in [3.05, 3.63) is 58.3 Å². The topological polar surface area (TPSA) is 72.4 Å². The average Bonchev–Trinajstić information content (AvgIpc) is 3.18. The summed E-state index contributed by atoms with van der Waals surface area (Å²) in [5.41, 5.74) is 1.73. The largest absolute Gasteiger partial charge is 0.459 e. The Bertz CT molecular complexity index is 753. The van der Waals surface area contributed by atoms with Gasteiger partial charge in [0, 0.05) is 15.4 Å². The average molecular weight is 364 g/mol. The predicted octanol–water partition coefficient (Wildman–Crippen LogP) is 3.69. The fourth-order valence-corrected chi connectivity index (χ4v) is 2.75. The van der Waals surface area contributed by atoms with E-state index in [2.05, 4.69) is 20.9 Å². The minimum atomic E-state index is -0.434. The first-order valence-corrected chi connectivity index (χ1v) is 7.66. The minimum Gasteiger partial charge on any atom is -0.459 e. The molecule has 3 rings (SSSR count). The van der Waals surface area contributed by atoms with Crippen LogP contribution in [0.2, 0.25) is 0 Å². The number of furan rings is 1. The highest BCUT2D eigenvalue weighted by Gasteiger charge is 2.19. The molecule has 2 heterocycles. The van der Waals surface area contributed by atoms with E-state index in [1.54, 1.807) is 12.1 Å². The maximum atomic E-state index is 12.1. The highest BCUT2D eigenvalue weighted by molar-refractivity contribution is 9.10. The number of halogens is 1. The molecule has 2 aromatic heterocycles. The molecule has 106 valence electrons. The van der Waals surface area contributed by atoms with Crippen LogP contribution in [0.5, 0.6) is 0 Å². The van der Waals surface area contributed by atoms with Crippen LogP contribution < -0.4 is 10.9 Å². The van der Waals surface area contributed by atoms with Crippen LogP contribution in [0, 0.1) is 0 Å². The van der Waals surface area contributed by atoms with Crippen molar-refractivity contribution in [1.29, 1.82) is 0 Å². The molecule has 0 aliphatic heterocycles. The first kappa shape index (κ1) is 14.0. The molecule has 21 heavy (non-hydrogen) atoms. The highest BCUT2D eigenvalue weighted by Crippen LogP contribution is 2.27. The zero-order valence-electron chi connectivity index (χ0n) is 10.7. The van der Waals surface area contributed by atoms with Gasteiger partial charge in [-0.05, 0) is 24.3 Å². The van der Waals surface area contributed by atoms with Crippen LogP contribution in [0.25, 0.3) is 11.3 Å². The Morgan fingerprint density at radius 1 is 1.29 bits per heavy atom. The molecule has 3 aromatic rings. The van der Waals surface area contributed by atoms with Crippen LogP contribution in [0.15, 0.2) is 56.9 Å². The first-order valence-electron chi connectivity index (χ1n) is 5.99. The number of benzene rings is 1. The minimum absolute atomic E-state index is 0.179. The van der Waals surface area contributed by atoms with Crippen molar-refractivity contribution in [2.75, 3.05) is 5.01 Å². The second kappa shape index (κ2) is 5.80. The maximum absolute atomic E-state index is 12.1. The van der Waals surface area contributed by atoms with Crippen LogP contribution in [0.4, 0.5) is 5.13 Å². The Balaban J connectivity index is 1.84. The van der Waals surface area contributed by atoms with Crippen molar-refractivity contribution in [2.45, 2.75) is 0 Å². The van der Waals surface area contributed by atoms with Crippen LogP contribution in [0.3, 0.4) is 0 Å². The van der Waals surface area contributed by atoms with E-state index >= 15 is 0 Å². The smallest absolute Gasteiger partial charge is 0.310 e. The van der Waals surface area contributed by atoms with Gasteiger partial charge in [-0.25, -0.2) is 15.8 Å².